The largest absolute Gasteiger partial charge is 0.391 e. The van der Waals surface area contributed by atoms with E-state index in [-0.39, 0.29) is 10.8 Å². The van der Waals surface area contributed by atoms with Crippen LogP contribution in [0, 0.1) is 0 Å². The van der Waals surface area contributed by atoms with Gasteiger partial charge >= 0.3 is 0 Å². The van der Waals surface area contributed by atoms with Crippen LogP contribution in [0.5, 0.6) is 0 Å². The summed E-state index contributed by atoms with van der Waals surface area (Å²) in [5.74, 6) is 0. The van der Waals surface area contributed by atoms with Gasteiger partial charge in [-0.2, -0.15) is 0 Å². The van der Waals surface area contributed by atoms with Crippen LogP contribution in [0.15, 0.2) is 40.6 Å². The van der Waals surface area contributed by atoms with E-state index in [1.54, 1.807) is 18.2 Å². The van der Waals surface area contributed by atoms with Crippen molar-refractivity contribution in [1.82, 2.24) is 0 Å². The first-order valence-corrected chi connectivity index (χ1v) is 8.22. The summed E-state index contributed by atoms with van der Waals surface area (Å²) in [6.07, 6.45) is 0. The molecule has 0 unspecified atom stereocenters. The van der Waals surface area contributed by atoms with Crippen molar-refractivity contribution in [2.24, 2.45) is 0 Å². The number of nitrogens with one attached hydrogen (secondary N) is 1. The number of nitrogens with zero attached hydrogens (tertiary/aromatic N) is 1. The summed E-state index contributed by atoms with van der Waals surface area (Å²) >= 11 is 1.06. The lowest BCUT2D eigenvalue weighted by Crippen LogP contribution is -2.12. The second-order valence-corrected chi connectivity index (χ2v) is 7.50. The van der Waals surface area contributed by atoms with Gasteiger partial charge in [0.15, 0.2) is 0 Å². The molecule has 108 valence electrons. The Labute approximate surface area is 122 Å². The van der Waals surface area contributed by atoms with E-state index in [2.05, 4.69) is 4.72 Å². The van der Waals surface area contributed by atoms with Crippen LogP contribution in [0.2, 0.25) is 0 Å². The molecule has 0 saturated carbocycles. The molecule has 0 aliphatic rings. The fourth-order valence-corrected chi connectivity index (χ4v) is 3.89. The van der Waals surface area contributed by atoms with Gasteiger partial charge in [0, 0.05) is 30.3 Å². The van der Waals surface area contributed by atoms with Gasteiger partial charge < -0.3 is 10.0 Å². The third-order valence-corrected chi connectivity index (χ3v) is 5.64. The molecular formula is C13H16N2O3S2. The summed E-state index contributed by atoms with van der Waals surface area (Å²) in [6, 6.07) is 10.2. The topological polar surface area (TPSA) is 69.6 Å². The summed E-state index contributed by atoms with van der Waals surface area (Å²) in [7, 11) is 0.244. The molecular weight excluding hydrogens is 296 g/mol. The monoisotopic (exact) mass is 312 g/mol. The molecule has 2 N–H and O–H groups in total. The summed E-state index contributed by atoms with van der Waals surface area (Å²) in [5.41, 5.74) is 1.50. The molecule has 0 aliphatic heterocycles. The third kappa shape index (κ3) is 3.30. The van der Waals surface area contributed by atoms with Crippen molar-refractivity contribution in [3.63, 3.8) is 0 Å². The number of anilines is 2. The van der Waals surface area contributed by atoms with Crippen LogP contribution in [0.1, 0.15) is 4.88 Å². The predicted molar refractivity (Wildman–Crippen MR) is 81.8 cm³/mol. The molecule has 0 amide bonds. The average molecular weight is 312 g/mol. The van der Waals surface area contributed by atoms with Crippen molar-refractivity contribution in [3.8, 4) is 0 Å². The number of aliphatic hydroxyl groups excluding tert-OH is 1. The maximum Gasteiger partial charge on any atom is 0.271 e. The maximum absolute atomic E-state index is 12.2. The Kier molecular flexibility index (Phi) is 4.32. The first-order chi connectivity index (χ1) is 9.42. The van der Waals surface area contributed by atoms with E-state index in [1.807, 2.05) is 31.1 Å². The van der Waals surface area contributed by atoms with Crippen LogP contribution in [-0.2, 0) is 16.6 Å². The van der Waals surface area contributed by atoms with Crippen LogP contribution < -0.4 is 9.62 Å². The number of thiophene rings is 1. The molecule has 7 heteroatoms. The highest BCUT2D eigenvalue weighted by Gasteiger charge is 2.16. The number of benzene rings is 1. The second-order valence-electron chi connectivity index (χ2n) is 4.43. The number of hydrogen-bond donors (Lipinski definition) is 2. The van der Waals surface area contributed by atoms with Gasteiger partial charge in [-0.05, 0) is 36.4 Å². The molecule has 0 saturated heterocycles. The molecule has 1 aromatic carbocycles. The van der Waals surface area contributed by atoms with Crippen LogP contribution in [0.25, 0.3) is 0 Å². The molecule has 2 aromatic rings. The Morgan fingerprint density at radius 2 is 1.80 bits per heavy atom. The third-order valence-electron chi connectivity index (χ3n) is 2.69. The number of rotatable bonds is 5. The minimum atomic E-state index is -3.59. The zero-order chi connectivity index (χ0) is 14.8. The SMILES string of the molecule is CN(C)c1ccc(NS(=O)(=O)c2ccc(CO)s2)cc1. The standard InChI is InChI=1S/C13H16N2O3S2/c1-15(2)11-5-3-10(4-6-11)14-20(17,18)13-8-7-12(9-16)19-13/h3-8,14,16H,9H2,1-2H3. The molecule has 0 fully saturated rings. The number of hydrogen-bond acceptors (Lipinski definition) is 5. The molecule has 1 heterocycles. The van der Waals surface area contributed by atoms with Crippen molar-refractivity contribution >= 4 is 32.7 Å². The van der Waals surface area contributed by atoms with Gasteiger partial charge in [-0.15, -0.1) is 11.3 Å². The van der Waals surface area contributed by atoms with Gasteiger partial charge in [-0.1, -0.05) is 0 Å². The van der Waals surface area contributed by atoms with Crippen LogP contribution >= 0.6 is 11.3 Å². The van der Waals surface area contributed by atoms with Crippen molar-refractivity contribution in [2.75, 3.05) is 23.7 Å². The highest BCUT2D eigenvalue weighted by molar-refractivity contribution is 7.94. The van der Waals surface area contributed by atoms with E-state index in [1.165, 1.54) is 6.07 Å². The second kappa shape index (κ2) is 5.82. The van der Waals surface area contributed by atoms with Gasteiger partial charge in [0.25, 0.3) is 10.0 Å². The fraction of sp³-hybridized carbons (Fsp3) is 0.231. The molecule has 0 radical (unpaired) electrons. The maximum atomic E-state index is 12.2. The smallest absolute Gasteiger partial charge is 0.271 e. The minimum absolute atomic E-state index is 0.155. The van der Waals surface area contributed by atoms with Crippen molar-refractivity contribution in [3.05, 3.63) is 41.3 Å². The Balaban J connectivity index is 2.19. The molecule has 0 bridgehead atoms. The molecule has 0 spiro atoms. The van der Waals surface area contributed by atoms with Gasteiger partial charge in [-0.3, -0.25) is 4.72 Å². The first-order valence-electron chi connectivity index (χ1n) is 5.92. The quantitative estimate of drug-likeness (QED) is 0.887. The van der Waals surface area contributed by atoms with Gasteiger partial charge in [0.1, 0.15) is 4.21 Å². The Morgan fingerprint density at radius 3 is 2.30 bits per heavy atom. The van der Waals surface area contributed by atoms with Crippen LogP contribution in [0.3, 0.4) is 0 Å². The zero-order valence-corrected chi connectivity index (χ0v) is 12.8. The summed E-state index contributed by atoms with van der Waals surface area (Å²) < 4.78 is 27.0. The van der Waals surface area contributed by atoms with E-state index < -0.39 is 10.0 Å². The Morgan fingerprint density at radius 1 is 1.15 bits per heavy atom. The van der Waals surface area contributed by atoms with Crippen molar-refractivity contribution in [1.29, 1.82) is 0 Å². The van der Waals surface area contributed by atoms with Crippen molar-refractivity contribution < 1.29 is 13.5 Å². The van der Waals surface area contributed by atoms with Gasteiger partial charge in [-0.25, -0.2) is 8.42 Å². The molecule has 0 aliphatic carbocycles. The van der Waals surface area contributed by atoms with Crippen LogP contribution in [0.4, 0.5) is 11.4 Å². The van der Waals surface area contributed by atoms with Gasteiger partial charge in [0.05, 0.1) is 6.61 Å². The highest BCUT2D eigenvalue weighted by atomic mass is 32.2. The zero-order valence-electron chi connectivity index (χ0n) is 11.2. The lowest BCUT2D eigenvalue weighted by Gasteiger charge is -2.13. The van der Waals surface area contributed by atoms with Crippen LogP contribution in [-0.4, -0.2) is 27.6 Å². The molecule has 20 heavy (non-hydrogen) atoms. The highest BCUT2D eigenvalue weighted by Crippen LogP contribution is 2.24. The summed E-state index contributed by atoms with van der Waals surface area (Å²) in [4.78, 5) is 2.55. The lowest BCUT2D eigenvalue weighted by molar-refractivity contribution is 0.285. The van der Waals surface area contributed by atoms with E-state index in [0.717, 1.165) is 17.0 Å². The van der Waals surface area contributed by atoms with E-state index in [9.17, 15) is 8.42 Å². The van der Waals surface area contributed by atoms with E-state index >= 15 is 0 Å². The van der Waals surface area contributed by atoms with Gasteiger partial charge in [0.2, 0.25) is 0 Å². The van der Waals surface area contributed by atoms with E-state index in [4.69, 9.17) is 5.11 Å². The minimum Gasteiger partial charge on any atom is -0.391 e. The lowest BCUT2D eigenvalue weighted by atomic mass is 10.3. The first kappa shape index (κ1) is 14.8. The molecule has 2 rings (SSSR count). The number of aliphatic hydroxyl groups is 1. The average Bonchev–Trinajstić information content (AvgIpc) is 2.88. The fourth-order valence-electron chi connectivity index (χ4n) is 1.62. The van der Waals surface area contributed by atoms with Crippen molar-refractivity contribution in [2.45, 2.75) is 10.8 Å². The summed E-state index contributed by atoms with van der Waals surface area (Å²) in [5, 5.41) is 8.98. The summed E-state index contributed by atoms with van der Waals surface area (Å²) in [6.45, 7) is -0.155. The molecule has 1 aromatic heterocycles. The Hall–Kier alpha value is -1.57. The van der Waals surface area contributed by atoms with E-state index in [0.29, 0.717) is 10.6 Å². The number of sulfonamides is 1. The Bertz CT molecular complexity index is 676. The normalized spacial score (nSPS) is 11.3. The molecule has 5 nitrogen and oxygen atoms in total. The predicted octanol–water partition coefficient (Wildman–Crippen LogP) is 2.11. The molecule has 0 atom stereocenters.